The summed E-state index contributed by atoms with van der Waals surface area (Å²) < 4.78 is 5.28. The number of anilines is 3. The molecule has 0 saturated carbocycles. The van der Waals surface area contributed by atoms with Crippen LogP contribution in [0.5, 0.6) is 5.88 Å². The minimum absolute atomic E-state index is 0.148. The summed E-state index contributed by atoms with van der Waals surface area (Å²) in [6.45, 7) is 3.96. The normalized spacial score (nSPS) is 12.9. The highest BCUT2D eigenvalue weighted by atomic mass is 16.6. The number of amides is 2. The first kappa shape index (κ1) is 24.0. The first-order chi connectivity index (χ1) is 17.9. The van der Waals surface area contributed by atoms with E-state index in [0.29, 0.717) is 22.8 Å². The number of carbonyl (C=O) groups excluding carboxylic acids is 2. The van der Waals surface area contributed by atoms with Crippen molar-refractivity contribution in [3.05, 3.63) is 77.7 Å². The molecule has 3 heterocycles. The molecule has 1 aliphatic heterocycles. The molecule has 0 aliphatic carbocycles. The fraction of sp³-hybridized carbons (Fsp3) is 0.222. The number of pyridine rings is 1. The second kappa shape index (κ2) is 10.5. The number of rotatable bonds is 6. The molecule has 1 aliphatic rings. The maximum atomic E-state index is 12.7. The van der Waals surface area contributed by atoms with Gasteiger partial charge in [0, 0.05) is 47.7 Å². The fourth-order valence-electron chi connectivity index (χ4n) is 4.24. The van der Waals surface area contributed by atoms with Crippen molar-refractivity contribution in [2.45, 2.75) is 26.3 Å². The van der Waals surface area contributed by atoms with Crippen molar-refractivity contribution in [3.8, 4) is 5.88 Å². The average molecular weight is 498 g/mol. The summed E-state index contributed by atoms with van der Waals surface area (Å²) >= 11 is 0. The number of fused-ring (bicyclic) bond motifs is 1. The summed E-state index contributed by atoms with van der Waals surface area (Å²) in [5, 5.41) is 6.36. The summed E-state index contributed by atoms with van der Waals surface area (Å²) in [6.07, 6.45) is 4.68. The molecule has 2 aromatic carbocycles. The molecule has 10 nitrogen and oxygen atoms in total. The van der Waals surface area contributed by atoms with Gasteiger partial charge in [0.25, 0.3) is 5.91 Å². The van der Waals surface area contributed by atoms with Gasteiger partial charge in [-0.25, -0.2) is 4.79 Å². The first-order valence-corrected chi connectivity index (χ1v) is 12.0. The van der Waals surface area contributed by atoms with E-state index in [4.69, 9.17) is 10.5 Å². The molecule has 4 N–H and O–H groups in total. The van der Waals surface area contributed by atoms with Crippen LogP contribution in [0.1, 0.15) is 34.5 Å². The van der Waals surface area contributed by atoms with E-state index in [0.717, 1.165) is 48.1 Å². The molecule has 0 spiro atoms. The molecule has 4 aromatic rings. The summed E-state index contributed by atoms with van der Waals surface area (Å²) in [6, 6.07) is 14.2. The Morgan fingerprint density at radius 2 is 1.81 bits per heavy atom. The average Bonchev–Trinajstić information content (AvgIpc) is 3.44. The van der Waals surface area contributed by atoms with E-state index < -0.39 is 6.09 Å². The number of carbonyl (C=O) groups is 2. The number of hydrogen-bond acceptors (Lipinski definition) is 8. The predicted octanol–water partition coefficient (Wildman–Crippen LogP) is 4.06. The zero-order chi connectivity index (χ0) is 25.8. The van der Waals surface area contributed by atoms with E-state index in [1.54, 1.807) is 42.6 Å². The van der Waals surface area contributed by atoms with Gasteiger partial charge in [0.1, 0.15) is 0 Å². The number of aryl methyl sites for hydroxylation is 1. The van der Waals surface area contributed by atoms with Gasteiger partial charge in [-0.1, -0.05) is 12.1 Å². The van der Waals surface area contributed by atoms with Crippen LogP contribution in [0.15, 0.2) is 60.9 Å². The maximum absolute atomic E-state index is 12.7. The minimum atomic E-state index is -0.630. The Hall–Kier alpha value is -4.73. The summed E-state index contributed by atoms with van der Waals surface area (Å²) in [5.41, 5.74) is 10.3. The molecule has 1 fully saturated rings. The summed E-state index contributed by atoms with van der Waals surface area (Å²) in [5.74, 6) is 0.597. The molecule has 0 radical (unpaired) electrons. The van der Waals surface area contributed by atoms with E-state index in [2.05, 4.69) is 30.5 Å². The van der Waals surface area contributed by atoms with Gasteiger partial charge in [0.15, 0.2) is 5.82 Å². The van der Waals surface area contributed by atoms with Crippen LogP contribution in [0.3, 0.4) is 0 Å². The van der Waals surface area contributed by atoms with Crippen molar-refractivity contribution in [2.24, 2.45) is 0 Å². The quantitative estimate of drug-likeness (QED) is 0.363. The van der Waals surface area contributed by atoms with Crippen LogP contribution in [0, 0.1) is 6.92 Å². The van der Waals surface area contributed by atoms with Crippen LogP contribution < -0.4 is 26.0 Å². The van der Waals surface area contributed by atoms with Gasteiger partial charge < -0.3 is 26.0 Å². The van der Waals surface area contributed by atoms with Crippen LogP contribution in [0.4, 0.5) is 22.0 Å². The Labute approximate surface area is 213 Å². The number of nitrogens with two attached hydrogens (primary N) is 1. The molecule has 0 bridgehead atoms. The molecule has 2 amide bonds. The Morgan fingerprint density at radius 1 is 1.03 bits per heavy atom. The van der Waals surface area contributed by atoms with E-state index in [1.807, 2.05) is 19.1 Å². The first-order valence-electron chi connectivity index (χ1n) is 12.0. The number of hydrogen-bond donors (Lipinski definition) is 3. The molecule has 0 unspecified atom stereocenters. The Bertz CT molecular complexity index is 1450. The topological polar surface area (TPSA) is 135 Å². The van der Waals surface area contributed by atoms with E-state index in [-0.39, 0.29) is 18.3 Å². The predicted molar refractivity (Wildman–Crippen MR) is 142 cm³/mol. The molecule has 1 saturated heterocycles. The smallest absolute Gasteiger partial charge is 0.398 e. The van der Waals surface area contributed by atoms with Crippen molar-refractivity contribution in [1.29, 1.82) is 0 Å². The van der Waals surface area contributed by atoms with Gasteiger partial charge in [-0.05, 0) is 61.7 Å². The number of nitrogens with one attached hydrogen (secondary N) is 2. The molecular formula is C27H27N7O3. The minimum Gasteiger partial charge on any atom is -0.398 e. The third kappa shape index (κ3) is 5.75. The standard InChI is InChI=1S/C27H27N7O3/c1-17-12-22(28)21-13-20(8-9-23(21)31-17)32-26(35)19-6-4-18(5-7-19)14-30-27(36)37-25-16-29-15-24(33-25)34-10-2-3-11-34/h4-9,12-13,15-16H,2-3,10-11,14H2,1H3,(H2,28,31)(H,30,36)(H,32,35). The second-order valence-electron chi connectivity index (χ2n) is 8.89. The molecule has 2 aromatic heterocycles. The summed E-state index contributed by atoms with van der Waals surface area (Å²) in [7, 11) is 0. The highest BCUT2D eigenvalue weighted by Crippen LogP contribution is 2.24. The lowest BCUT2D eigenvalue weighted by Crippen LogP contribution is -2.27. The largest absolute Gasteiger partial charge is 0.414 e. The lowest BCUT2D eigenvalue weighted by atomic mass is 10.1. The number of benzene rings is 2. The second-order valence-corrected chi connectivity index (χ2v) is 8.89. The zero-order valence-electron chi connectivity index (χ0n) is 20.4. The highest BCUT2D eigenvalue weighted by molar-refractivity contribution is 6.05. The zero-order valence-corrected chi connectivity index (χ0v) is 20.4. The third-order valence-corrected chi connectivity index (χ3v) is 6.11. The highest BCUT2D eigenvalue weighted by Gasteiger charge is 2.15. The Balaban J connectivity index is 1.15. The van der Waals surface area contributed by atoms with Crippen molar-refractivity contribution in [1.82, 2.24) is 20.3 Å². The van der Waals surface area contributed by atoms with Gasteiger partial charge in [0.05, 0.1) is 17.9 Å². The lowest BCUT2D eigenvalue weighted by Gasteiger charge is -2.16. The number of aromatic nitrogens is 3. The van der Waals surface area contributed by atoms with Gasteiger partial charge in [-0.2, -0.15) is 4.98 Å². The monoisotopic (exact) mass is 497 g/mol. The van der Waals surface area contributed by atoms with Gasteiger partial charge in [-0.3, -0.25) is 14.8 Å². The van der Waals surface area contributed by atoms with Crippen molar-refractivity contribution in [2.75, 3.05) is 29.0 Å². The van der Waals surface area contributed by atoms with Crippen LogP contribution in [0.2, 0.25) is 0 Å². The summed E-state index contributed by atoms with van der Waals surface area (Å²) in [4.78, 5) is 40.0. The maximum Gasteiger partial charge on any atom is 0.414 e. The van der Waals surface area contributed by atoms with E-state index >= 15 is 0 Å². The third-order valence-electron chi connectivity index (χ3n) is 6.11. The van der Waals surface area contributed by atoms with Crippen LogP contribution in [-0.2, 0) is 6.54 Å². The molecular weight excluding hydrogens is 470 g/mol. The van der Waals surface area contributed by atoms with Crippen molar-refractivity contribution in [3.63, 3.8) is 0 Å². The van der Waals surface area contributed by atoms with E-state index in [1.165, 1.54) is 6.20 Å². The Kier molecular flexibility index (Phi) is 6.80. The SMILES string of the molecule is Cc1cc(N)c2cc(NC(=O)c3ccc(CNC(=O)Oc4cncc(N5CCCC5)n4)cc3)ccc2n1. The molecule has 0 atom stereocenters. The van der Waals surface area contributed by atoms with Crippen LogP contribution in [0.25, 0.3) is 10.9 Å². The molecule has 37 heavy (non-hydrogen) atoms. The van der Waals surface area contributed by atoms with Crippen molar-refractivity contribution < 1.29 is 14.3 Å². The number of ether oxygens (including phenoxy) is 1. The fourth-order valence-corrected chi connectivity index (χ4v) is 4.24. The van der Waals surface area contributed by atoms with Gasteiger partial charge in [0.2, 0.25) is 5.88 Å². The molecule has 5 rings (SSSR count). The number of nitrogens with zero attached hydrogens (tertiary/aromatic N) is 4. The van der Waals surface area contributed by atoms with Gasteiger partial charge >= 0.3 is 6.09 Å². The molecule has 188 valence electrons. The number of nitrogen functional groups attached to an aromatic ring is 1. The van der Waals surface area contributed by atoms with Crippen molar-refractivity contribution >= 4 is 40.1 Å². The van der Waals surface area contributed by atoms with Crippen LogP contribution in [-0.4, -0.2) is 40.0 Å². The van der Waals surface area contributed by atoms with E-state index in [9.17, 15) is 9.59 Å². The van der Waals surface area contributed by atoms with Gasteiger partial charge in [-0.15, -0.1) is 0 Å². The Morgan fingerprint density at radius 3 is 2.59 bits per heavy atom. The van der Waals surface area contributed by atoms with Crippen LogP contribution >= 0.6 is 0 Å². The molecule has 10 heteroatoms. The lowest BCUT2D eigenvalue weighted by molar-refractivity contribution is 0.102.